The van der Waals surface area contributed by atoms with Crippen LogP contribution in [0.1, 0.15) is 11.1 Å². The first kappa shape index (κ1) is 14.7. The van der Waals surface area contributed by atoms with E-state index in [0.717, 1.165) is 0 Å². The van der Waals surface area contributed by atoms with Gasteiger partial charge in [0.2, 0.25) is 0 Å². The van der Waals surface area contributed by atoms with Crippen LogP contribution in [0.25, 0.3) is 0 Å². The number of anilines is 2. The molecule has 0 radical (unpaired) electrons. The fourth-order valence-electron chi connectivity index (χ4n) is 1.72. The van der Waals surface area contributed by atoms with E-state index in [0.29, 0.717) is 15.7 Å². The van der Waals surface area contributed by atoms with E-state index in [4.69, 9.17) is 5.73 Å². The van der Waals surface area contributed by atoms with Gasteiger partial charge in [-0.1, -0.05) is 12.1 Å². The van der Waals surface area contributed by atoms with E-state index in [-0.39, 0.29) is 16.4 Å². The molecule has 0 bridgehead atoms. The number of sulfonamides is 1. The zero-order valence-corrected chi connectivity index (χ0v) is 13.3. The third-order valence-corrected chi connectivity index (χ3v) is 4.71. The Hall–Kier alpha value is -1.67. The second-order valence-corrected chi connectivity index (χ2v) is 6.70. The van der Waals surface area contributed by atoms with Crippen molar-refractivity contribution in [1.29, 1.82) is 0 Å². The minimum absolute atomic E-state index is 0.0715. The van der Waals surface area contributed by atoms with Gasteiger partial charge in [-0.3, -0.25) is 4.72 Å². The molecule has 0 spiro atoms. The molecule has 0 saturated heterocycles. The molecule has 0 aliphatic heterocycles. The van der Waals surface area contributed by atoms with Crippen LogP contribution in [-0.4, -0.2) is 18.4 Å². The van der Waals surface area contributed by atoms with Gasteiger partial charge in [-0.05, 0) is 40.9 Å². The molecule has 0 unspecified atom stereocenters. The van der Waals surface area contributed by atoms with E-state index in [9.17, 15) is 8.42 Å². The van der Waals surface area contributed by atoms with Crippen molar-refractivity contribution in [3.8, 4) is 0 Å². The van der Waals surface area contributed by atoms with Gasteiger partial charge in [0.25, 0.3) is 10.0 Å². The van der Waals surface area contributed by atoms with Gasteiger partial charge in [0, 0.05) is 0 Å². The van der Waals surface area contributed by atoms with Crippen molar-refractivity contribution < 1.29 is 8.42 Å². The third-order valence-electron chi connectivity index (χ3n) is 2.74. The van der Waals surface area contributed by atoms with Crippen LogP contribution < -0.4 is 10.5 Å². The summed E-state index contributed by atoms with van der Waals surface area (Å²) in [6.45, 7) is 3.45. The number of benzene rings is 1. The average Bonchev–Trinajstić information content (AvgIpc) is 2.37. The molecule has 6 nitrogen and oxygen atoms in total. The van der Waals surface area contributed by atoms with Gasteiger partial charge in [0.15, 0.2) is 5.82 Å². The van der Waals surface area contributed by atoms with Crippen molar-refractivity contribution in [3.63, 3.8) is 0 Å². The zero-order chi connectivity index (χ0) is 14.9. The van der Waals surface area contributed by atoms with E-state index in [1.54, 1.807) is 26.0 Å². The summed E-state index contributed by atoms with van der Waals surface area (Å²) >= 11 is 3.13. The Morgan fingerprint density at radius 1 is 1.15 bits per heavy atom. The molecule has 1 heterocycles. The number of aromatic nitrogens is 2. The van der Waals surface area contributed by atoms with Crippen molar-refractivity contribution in [2.45, 2.75) is 18.7 Å². The summed E-state index contributed by atoms with van der Waals surface area (Å²) in [5, 5.41) is 0. The van der Waals surface area contributed by atoms with Crippen LogP contribution in [0.2, 0.25) is 0 Å². The smallest absolute Gasteiger partial charge is 0.265 e. The van der Waals surface area contributed by atoms with E-state index in [1.165, 1.54) is 12.4 Å². The number of nitrogens with two attached hydrogens (primary N) is 1. The van der Waals surface area contributed by atoms with Crippen LogP contribution in [-0.2, 0) is 10.0 Å². The molecule has 1 aromatic heterocycles. The molecule has 8 heteroatoms. The largest absolute Gasteiger partial charge is 0.397 e. The van der Waals surface area contributed by atoms with Crippen molar-refractivity contribution in [2.24, 2.45) is 0 Å². The summed E-state index contributed by atoms with van der Waals surface area (Å²) in [6.07, 6.45) is 2.73. The van der Waals surface area contributed by atoms with Gasteiger partial charge in [-0.25, -0.2) is 18.4 Å². The number of rotatable bonds is 3. The predicted molar refractivity (Wildman–Crippen MR) is 80.9 cm³/mol. The van der Waals surface area contributed by atoms with Crippen molar-refractivity contribution in [2.75, 3.05) is 10.5 Å². The summed E-state index contributed by atoms with van der Waals surface area (Å²) in [6, 6.07) is 3.50. The lowest BCUT2D eigenvalue weighted by Gasteiger charge is -2.13. The Bertz CT molecular complexity index is 745. The fraction of sp³-hybridized carbons (Fsp3) is 0.167. The molecule has 2 aromatic rings. The molecular formula is C12H13BrN4O2S. The minimum atomic E-state index is -3.80. The first-order valence-electron chi connectivity index (χ1n) is 5.67. The summed E-state index contributed by atoms with van der Waals surface area (Å²) < 4.78 is 27.7. The molecular weight excluding hydrogens is 344 g/mol. The second kappa shape index (κ2) is 5.37. The molecule has 106 valence electrons. The molecule has 1 aromatic carbocycles. The molecule has 0 fully saturated rings. The number of hydrogen-bond donors (Lipinski definition) is 2. The van der Waals surface area contributed by atoms with Crippen LogP contribution in [0, 0.1) is 13.8 Å². The van der Waals surface area contributed by atoms with Gasteiger partial charge >= 0.3 is 0 Å². The number of nitrogens with one attached hydrogen (secondary N) is 1. The molecule has 3 N–H and O–H groups in total. The molecule has 0 aliphatic rings. The zero-order valence-electron chi connectivity index (χ0n) is 10.9. The number of aryl methyl sites for hydroxylation is 2. The summed E-state index contributed by atoms with van der Waals surface area (Å²) in [5.74, 6) is 0.133. The summed E-state index contributed by atoms with van der Waals surface area (Å²) in [4.78, 5) is 7.92. The van der Waals surface area contributed by atoms with Crippen molar-refractivity contribution >= 4 is 37.5 Å². The fourth-order valence-corrected chi connectivity index (χ4v) is 3.35. The van der Waals surface area contributed by atoms with Gasteiger partial charge in [0.05, 0.1) is 18.1 Å². The van der Waals surface area contributed by atoms with E-state index < -0.39 is 10.0 Å². The Labute approximate surface area is 125 Å². The van der Waals surface area contributed by atoms with Crippen LogP contribution in [0.3, 0.4) is 0 Å². The Morgan fingerprint density at radius 2 is 1.80 bits per heavy atom. The third kappa shape index (κ3) is 2.91. The monoisotopic (exact) mass is 356 g/mol. The molecule has 0 aliphatic carbocycles. The number of halogens is 1. The maximum atomic E-state index is 12.4. The van der Waals surface area contributed by atoms with Gasteiger partial charge in [-0.2, -0.15) is 0 Å². The van der Waals surface area contributed by atoms with Crippen molar-refractivity contribution in [3.05, 3.63) is 40.3 Å². The normalized spacial score (nSPS) is 11.3. The predicted octanol–water partition coefficient (Wildman–Crippen LogP) is 2.24. The highest BCUT2D eigenvalue weighted by Crippen LogP contribution is 2.27. The number of nitrogens with zero attached hydrogens (tertiary/aromatic N) is 2. The quantitative estimate of drug-likeness (QED) is 0.821. The number of nitrogen functional groups attached to an aromatic ring is 1. The molecule has 0 saturated carbocycles. The first-order valence-corrected chi connectivity index (χ1v) is 7.95. The van der Waals surface area contributed by atoms with Gasteiger partial charge in [-0.15, -0.1) is 0 Å². The maximum Gasteiger partial charge on any atom is 0.265 e. The van der Waals surface area contributed by atoms with E-state index >= 15 is 0 Å². The molecule has 0 atom stereocenters. The van der Waals surface area contributed by atoms with Crippen molar-refractivity contribution in [1.82, 2.24) is 9.97 Å². The highest BCUT2D eigenvalue weighted by molar-refractivity contribution is 9.10. The first-order chi connectivity index (χ1) is 9.31. The lowest BCUT2D eigenvalue weighted by molar-refractivity contribution is 0.600. The molecule has 20 heavy (non-hydrogen) atoms. The highest BCUT2D eigenvalue weighted by Gasteiger charge is 2.21. The lowest BCUT2D eigenvalue weighted by atomic mass is 10.1. The Morgan fingerprint density at radius 3 is 2.40 bits per heavy atom. The Balaban J connectivity index is 2.46. The van der Waals surface area contributed by atoms with E-state index in [1.807, 2.05) is 0 Å². The van der Waals surface area contributed by atoms with Crippen LogP contribution >= 0.6 is 15.9 Å². The van der Waals surface area contributed by atoms with Crippen LogP contribution in [0.4, 0.5) is 11.5 Å². The molecule has 0 amide bonds. The maximum absolute atomic E-state index is 12.4. The SMILES string of the molecule is Cc1ccc(C)c(S(=O)(=O)Nc2cnc(Br)cn2)c1N. The van der Waals surface area contributed by atoms with E-state index in [2.05, 4.69) is 30.6 Å². The van der Waals surface area contributed by atoms with Crippen LogP contribution in [0.5, 0.6) is 0 Å². The highest BCUT2D eigenvalue weighted by atomic mass is 79.9. The van der Waals surface area contributed by atoms with Gasteiger partial charge < -0.3 is 5.73 Å². The lowest BCUT2D eigenvalue weighted by Crippen LogP contribution is -2.17. The Kier molecular flexibility index (Phi) is 3.96. The number of hydrogen-bond acceptors (Lipinski definition) is 5. The average molecular weight is 357 g/mol. The van der Waals surface area contributed by atoms with Gasteiger partial charge in [0.1, 0.15) is 9.50 Å². The molecule has 2 rings (SSSR count). The summed E-state index contributed by atoms with van der Waals surface area (Å²) in [7, 11) is -3.80. The second-order valence-electron chi connectivity index (χ2n) is 4.27. The van der Waals surface area contributed by atoms with Crippen LogP contribution in [0.15, 0.2) is 34.0 Å². The topological polar surface area (TPSA) is 98.0 Å². The standard InChI is InChI=1S/C12H13BrN4O2S/c1-7-3-4-8(2)12(11(7)14)20(18,19)17-10-6-15-9(13)5-16-10/h3-6H,14H2,1-2H3,(H,16,17). The summed E-state index contributed by atoms with van der Waals surface area (Å²) in [5.41, 5.74) is 7.40. The minimum Gasteiger partial charge on any atom is -0.397 e.